The smallest absolute Gasteiger partial charge is 0.408 e. The molecule has 5 heteroatoms. The van der Waals surface area contributed by atoms with E-state index in [0.29, 0.717) is 6.42 Å². The molecule has 0 unspecified atom stereocenters. The van der Waals surface area contributed by atoms with Crippen LogP contribution in [0, 0.1) is 0 Å². The molecule has 0 aliphatic heterocycles. The molecule has 5 nitrogen and oxygen atoms in total. The highest BCUT2D eigenvalue weighted by Gasteiger charge is 2.19. The van der Waals surface area contributed by atoms with Gasteiger partial charge in [-0.3, -0.25) is 4.79 Å². The van der Waals surface area contributed by atoms with Gasteiger partial charge < -0.3 is 14.8 Å². The molecule has 1 N–H and O–H groups in total. The summed E-state index contributed by atoms with van der Waals surface area (Å²) >= 11 is 0. The number of hydrogen-bond acceptors (Lipinski definition) is 4. The highest BCUT2D eigenvalue weighted by atomic mass is 16.6. The lowest BCUT2D eigenvalue weighted by atomic mass is 10.1. The van der Waals surface area contributed by atoms with Gasteiger partial charge in [-0.2, -0.15) is 0 Å². The fourth-order valence-electron chi connectivity index (χ4n) is 1.84. The van der Waals surface area contributed by atoms with Crippen molar-refractivity contribution in [2.75, 3.05) is 7.11 Å². The Kier molecular flexibility index (Phi) is 7.32. The Morgan fingerprint density at radius 3 is 2.43 bits per heavy atom. The molecule has 0 aliphatic carbocycles. The second-order valence-electron chi connectivity index (χ2n) is 6.14. The van der Waals surface area contributed by atoms with Gasteiger partial charge in [0.05, 0.1) is 13.2 Å². The van der Waals surface area contributed by atoms with Crippen molar-refractivity contribution in [3.8, 4) is 0 Å². The second kappa shape index (κ2) is 8.98. The molecule has 0 saturated heterocycles. The summed E-state index contributed by atoms with van der Waals surface area (Å²) in [5.41, 5.74) is 0.446. The highest BCUT2D eigenvalue weighted by molar-refractivity contribution is 5.70. The zero-order chi connectivity index (χ0) is 17.3. The summed E-state index contributed by atoms with van der Waals surface area (Å²) < 4.78 is 9.90. The van der Waals surface area contributed by atoms with Gasteiger partial charge in [0.1, 0.15) is 5.60 Å². The molecule has 0 radical (unpaired) electrons. The molecule has 0 bridgehead atoms. The van der Waals surface area contributed by atoms with Crippen LogP contribution < -0.4 is 5.32 Å². The number of methoxy groups -OCH3 is 1. The van der Waals surface area contributed by atoms with E-state index in [4.69, 9.17) is 4.74 Å². The van der Waals surface area contributed by atoms with Crippen molar-refractivity contribution in [1.82, 2.24) is 5.32 Å². The van der Waals surface area contributed by atoms with E-state index in [1.165, 1.54) is 7.11 Å². The number of nitrogens with one attached hydrogen (secondary N) is 1. The number of hydrogen-bond donors (Lipinski definition) is 1. The molecule has 0 aromatic heterocycles. The van der Waals surface area contributed by atoms with Crippen molar-refractivity contribution < 1.29 is 19.1 Å². The summed E-state index contributed by atoms with van der Waals surface area (Å²) in [7, 11) is 1.35. The van der Waals surface area contributed by atoms with Crippen molar-refractivity contribution in [3.05, 3.63) is 42.0 Å². The maximum atomic E-state index is 11.9. The molecule has 1 amide bonds. The number of rotatable bonds is 6. The Bertz CT molecular complexity index is 532. The van der Waals surface area contributed by atoms with Crippen LogP contribution in [-0.4, -0.2) is 30.8 Å². The summed E-state index contributed by atoms with van der Waals surface area (Å²) in [6.07, 6.45) is 3.90. The molecule has 1 rings (SSSR count). The molecule has 1 atom stereocenters. The normalized spacial score (nSPS) is 12.7. The topological polar surface area (TPSA) is 64.6 Å². The number of benzene rings is 1. The first-order chi connectivity index (χ1) is 10.8. The van der Waals surface area contributed by atoms with E-state index in [9.17, 15) is 9.59 Å². The van der Waals surface area contributed by atoms with Crippen LogP contribution in [0.4, 0.5) is 4.79 Å². The lowest BCUT2D eigenvalue weighted by Gasteiger charge is -2.22. The van der Waals surface area contributed by atoms with Crippen LogP contribution in [0.2, 0.25) is 0 Å². The van der Waals surface area contributed by atoms with E-state index < -0.39 is 11.7 Å². The third-order valence-electron chi connectivity index (χ3n) is 2.91. The van der Waals surface area contributed by atoms with Crippen molar-refractivity contribution in [3.63, 3.8) is 0 Å². The first kappa shape index (κ1) is 18.7. The Morgan fingerprint density at radius 1 is 1.22 bits per heavy atom. The van der Waals surface area contributed by atoms with Gasteiger partial charge >= 0.3 is 12.1 Å². The number of carbonyl (C=O) groups is 2. The standard InChI is InChI=1S/C18H25NO4/c1-18(2,3)23-17(21)19-15(12-13-16(20)22-4)11-10-14-8-6-5-7-9-14/h5-11,15H,12-13H2,1-4H3,(H,19,21)/b11-10+/t15-/m0/s1. The maximum Gasteiger partial charge on any atom is 0.408 e. The Hall–Kier alpha value is -2.30. The minimum atomic E-state index is -0.569. The van der Waals surface area contributed by atoms with Crippen molar-refractivity contribution in [2.45, 2.75) is 45.3 Å². The summed E-state index contributed by atoms with van der Waals surface area (Å²) in [5.74, 6) is -0.311. The number of ether oxygens (including phenoxy) is 2. The van der Waals surface area contributed by atoms with Crippen molar-refractivity contribution in [1.29, 1.82) is 0 Å². The second-order valence-corrected chi connectivity index (χ2v) is 6.14. The van der Waals surface area contributed by atoms with Crippen LogP contribution in [0.5, 0.6) is 0 Å². The third kappa shape index (κ3) is 8.66. The molecule has 23 heavy (non-hydrogen) atoms. The predicted molar refractivity (Wildman–Crippen MR) is 89.9 cm³/mol. The zero-order valence-corrected chi connectivity index (χ0v) is 14.2. The van der Waals surface area contributed by atoms with Crippen LogP contribution in [-0.2, 0) is 14.3 Å². The van der Waals surface area contributed by atoms with Gasteiger partial charge in [0.15, 0.2) is 0 Å². The van der Waals surface area contributed by atoms with Gasteiger partial charge in [-0.15, -0.1) is 0 Å². The van der Waals surface area contributed by atoms with Gasteiger partial charge in [-0.05, 0) is 32.8 Å². The van der Waals surface area contributed by atoms with Crippen molar-refractivity contribution in [2.24, 2.45) is 0 Å². The highest BCUT2D eigenvalue weighted by Crippen LogP contribution is 2.10. The molecular weight excluding hydrogens is 294 g/mol. The van der Waals surface area contributed by atoms with Crippen molar-refractivity contribution >= 4 is 18.1 Å². The monoisotopic (exact) mass is 319 g/mol. The minimum absolute atomic E-state index is 0.218. The lowest BCUT2D eigenvalue weighted by Crippen LogP contribution is -2.38. The van der Waals surface area contributed by atoms with Crippen LogP contribution in [0.15, 0.2) is 36.4 Å². The van der Waals surface area contributed by atoms with Gasteiger partial charge in [0, 0.05) is 6.42 Å². The van der Waals surface area contributed by atoms with E-state index >= 15 is 0 Å². The van der Waals surface area contributed by atoms with Gasteiger partial charge in [0.25, 0.3) is 0 Å². The van der Waals surface area contributed by atoms with E-state index in [1.807, 2.05) is 42.5 Å². The molecule has 0 spiro atoms. The van der Waals surface area contributed by atoms with Crippen LogP contribution in [0.3, 0.4) is 0 Å². The molecule has 0 heterocycles. The first-order valence-corrected chi connectivity index (χ1v) is 7.60. The maximum absolute atomic E-state index is 11.9. The lowest BCUT2D eigenvalue weighted by molar-refractivity contribution is -0.140. The summed E-state index contributed by atoms with van der Waals surface area (Å²) in [4.78, 5) is 23.2. The quantitative estimate of drug-likeness (QED) is 0.814. The summed E-state index contributed by atoms with van der Waals surface area (Å²) in [6, 6.07) is 9.41. The minimum Gasteiger partial charge on any atom is -0.469 e. The van der Waals surface area contributed by atoms with Crippen LogP contribution >= 0.6 is 0 Å². The Balaban J connectivity index is 2.70. The fraction of sp³-hybridized carbons (Fsp3) is 0.444. The van der Waals surface area contributed by atoms with E-state index in [-0.39, 0.29) is 18.4 Å². The largest absolute Gasteiger partial charge is 0.469 e. The Morgan fingerprint density at radius 2 is 1.87 bits per heavy atom. The average Bonchev–Trinajstić information content (AvgIpc) is 2.48. The fourth-order valence-corrected chi connectivity index (χ4v) is 1.84. The summed E-state index contributed by atoms with van der Waals surface area (Å²) in [6.45, 7) is 5.40. The van der Waals surface area contributed by atoms with Gasteiger partial charge in [0.2, 0.25) is 0 Å². The predicted octanol–water partition coefficient (Wildman–Crippen LogP) is 3.55. The number of alkyl carbamates (subject to hydrolysis) is 1. The Labute approximate surface area is 137 Å². The molecular formula is C18H25NO4. The van der Waals surface area contributed by atoms with Gasteiger partial charge in [-0.1, -0.05) is 42.5 Å². The average molecular weight is 319 g/mol. The van der Waals surface area contributed by atoms with E-state index in [2.05, 4.69) is 10.1 Å². The summed E-state index contributed by atoms with van der Waals surface area (Å²) in [5, 5.41) is 2.77. The molecule has 1 aromatic rings. The molecule has 0 fully saturated rings. The van der Waals surface area contributed by atoms with Crippen LogP contribution in [0.1, 0.15) is 39.2 Å². The molecule has 126 valence electrons. The first-order valence-electron chi connectivity index (χ1n) is 7.60. The van der Waals surface area contributed by atoms with Gasteiger partial charge in [-0.25, -0.2) is 4.79 Å². The molecule has 1 aromatic carbocycles. The molecule has 0 aliphatic rings. The number of amides is 1. The number of carbonyl (C=O) groups excluding carboxylic acids is 2. The third-order valence-corrected chi connectivity index (χ3v) is 2.91. The number of esters is 1. The molecule has 0 saturated carbocycles. The van der Waals surface area contributed by atoms with Crippen LogP contribution in [0.25, 0.3) is 6.08 Å². The van der Waals surface area contributed by atoms with E-state index in [0.717, 1.165) is 5.56 Å². The van der Waals surface area contributed by atoms with E-state index in [1.54, 1.807) is 20.8 Å². The zero-order valence-electron chi connectivity index (χ0n) is 14.2. The SMILES string of the molecule is COC(=O)CC[C@H](/C=C/c1ccccc1)NC(=O)OC(C)(C)C.